The van der Waals surface area contributed by atoms with E-state index in [1.54, 1.807) is 0 Å². The second-order valence-electron chi connectivity index (χ2n) is 3.61. The van der Waals surface area contributed by atoms with Crippen LogP contribution < -0.4 is 5.32 Å². The Hall–Kier alpha value is -0.340. The van der Waals surface area contributed by atoms with Gasteiger partial charge in [-0.3, -0.25) is 0 Å². The lowest BCUT2D eigenvalue weighted by molar-refractivity contribution is 0.0803. The first-order valence-corrected chi connectivity index (χ1v) is 5.74. The van der Waals surface area contributed by atoms with Crippen molar-refractivity contribution in [2.75, 3.05) is 19.7 Å². The Morgan fingerprint density at radius 1 is 1.36 bits per heavy atom. The zero-order chi connectivity index (χ0) is 10.6. The van der Waals surface area contributed by atoms with E-state index < -0.39 is 0 Å². The highest BCUT2D eigenvalue weighted by Gasteiger charge is 1.99. The van der Waals surface area contributed by atoms with E-state index in [4.69, 9.17) is 4.74 Å². The lowest BCUT2D eigenvalue weighted by Crippen LogP contribution is -2.18. The molecule has 0 spiro atoms. The van der Waals surface area contributed by atoms with E-state index in [9.17, 15) is 0 Å². The van der Waals surface area contributed by atoms with Crippen molar-refractivity contribution in [3.8, 4) is 0 Å². The van der Waals surface area contributed by atoms with Crippen LogP contribution in [0.15, 0.2) is 12.2 Å². The Morgan fingerprint density at radius 2 is 2.14 bits per heavy atom. The molecule has 1 atom stereocenters. The molecular weight excluding hydrogens is 174 g/mol. The van der Waals surface area contributed by atoms with Crippen LogP contribution in [0.1, 0.15) is 40.0 Å². The first-order valence-electron chi connectivity index (χ1n) is 5.74. The Labute approximate surface area is 88.7 Å². The van der Waals surface area contributed by atoms with E-state index in [2.05, 4.69) is 19.2 Å². The fourth-order valence-corrected chi connectivity index (χ4v) is 1.22. The highest BCUT2D eigenvalue weighted by molar-refractivity contribution is 4.76. The first kappa shape index (κ1) is 13.7. The van der Waals surface area contributed by atoms with Gasteiger partial charge in [-0.05, 0) is 46.2 Å². The molecule has 1 N–H and O–H groups in total. The molecule has 0 aromatic heterocycles. The fraction of sp³-hybridized carbons (Fsp3) is 0.833. The molecule has 0 aliphatic rings. The summed E-state index contributed by atoms with van der Waals surface area (Å²) in [6.45, 7) is 9.35. The SMILES string of the molecule is CC=CCOC(C)CCCNCCC. The molecule has 0 aliphatic carbocycles. The van der Waals surface area contributed by atoms with Crippen molar-refractivity contribution in [3.05, 3.63) is 12.2 Å². The van der Waals surface area contributed by atoms with E-state index in [1.807, 2.05) is 19.1 Å². The maximum atomic E-state index is 5.57. The normalized spacial score (nSPS) is 13.6. The second-order valence-corrected chi connectivity index (χ2v) is 3.61. The molecule has 0 aliphatic heterocycles. The van der Waals surface area contributed by atoms with Gasteiger partial charge in [0.15, 0.2) is 0 Å². The molecule has 0 aromatic rings. The Kier molecular flexibility index (Phi) is 10.5. The van der Waals surface area contributed by atoms with Gasteiger partial charge in [0.2, 0.25) is 0 Å². The molecule has 84 valence electrons. The van der Waals surface area contributed by atoms with E-state index in [1.165, 1.54) is 12.8 Å². The molecule has 2 nitrogen and oxygen atoms in total. The zero-order valence-electron chi connectivity index (χ0n) is 9.88. The van der Waals surface area contributed by atoms with Crippen molar-refractivity contribution in [2.45, 2.75) is 46.1 Å². The maximum Gasteiger partial charge on any atom is 0.0650 e. The second kappa shape index (κ2) is 10.7. The van der Waals surface area contributed by atoms with Crippen LogP contribution in [-0.2, 0) is 4.74 Å². The van der Waals surface area contributed by atoms with Gasteiger partial charge in [0, 0.05) is 0 Å². The van der Waals surface area contributed by atoms with Crippen LogP contribution in [0.4, 0.5) is 0 Å². The highest BCUT2D eigenvalue weighted by atomic mass is 16.5. The van der Waals surface area contributed by atoms with E-state index in [0.717, 1.165) is 26.1 Å². The Balaban J connectivity index is 3.13. The lowest BCUT2D eigenvalue weighted by atomic mass is 10.2. The Bertz CT molecular complexity index is 134. The minimum Gasteiger partial charge on any atom is -0.374 e. The van der Waals surface area contributed by atoms with Gasteiger partial charge < -0.3 is 10.1 Å². The molecular formula is C12H25NO. The largest absolute Gasteiger partial charge is 0.374 e. The summed E-state index contributed by atoms with van der Waals surface area (Å²) in [4.78, 5) is 0. The molecule has 14 heavy (non-hydrogen) atoms. The minimum atomic E-state index is 0.384. The van der Waals surface area contributed by atoms with Gasteiger partial charge in [-0.25, -0.2) is 0 Å². The van der Waals surface area contributed by atoms with Crippen molar-refractivity contribution in [2.24, 2.45) is 0 Å². The third-order valence-electron chi connectivity index (χ3n) is 2.10. The van der Waals surface area contributed by atoms with E-state index >= 15 is 0 Å². The lowest BCUT2D eigenvalue weighted by Gasteiger charge is -2.11. The van der Waals surface area contributed by atoms with Crippen LogP contribution in [0, 0.1) is 0 Å². The predicted octanol–water partition coefficient (Wildman–Crippen LogP) is 2.75. The summed E-state index contributed by atoms with van der Waals surface area (Å²) in [5.74, 6) is 0. The number of ether oxygens (including phenoxy) is 1. The molecule has 0 rings (SSSR count). The molecule has 0 fully saturated rings. The average Bonchev–Trinajstić information content (AvgIpc) is 2.18. The highest BCUT2D eigenvalue weighted by Crippen LogP contribution is 2.00. The molecule has 0 aromatic carbocycles. The molecule has 2 heteroatoms. The van der Waals surface area contributed by atoms with Crippen LogP contribution in [-0.4, -0.2) is 25.8 Å². The number of hydrogen-bond acceptors (Lipinski definition) is 2. The molecule has 0 bridgehead atoms. The van der Waals surface area contributed by atoms with Gasteiger partial charge in [0.05, 0.1) is 12.7 Å². The van der Waals surface area contributed by atoms with Crippen molar-refractivity contribution >= 4 is 0 Å². The zero-order valence-corrected chi connectivity index (χ0v) is 9.88. The summed E-state index contributed by atoms with van der Waals surface area (Å²) >= 11 is 0. The standard InChI is InChI=1S/C12H25NO/c1-4-6-11-14-12(3)8-7-10-13-9-5-2/h4,6,12-13H,5,7-11H2,1-3H3. The molecule has 0 radical (unpaired) electrons. The van der Waals surface area contributed by atoms with Crippen molar-refractivity contribution in [1.82, 2.24) is 5.32 Å². The average molecular weight is 199 g/mol. The molecule has 0 heterocycles. The van der Waals surface area contributed by atoms with Crippen LogP contribution in [0.2, 0.25) is 0 Å². The summed E-state index contributed by atoms with van der Waals surface area (Å²) in [5, 5.41) is 3.39. The van der Waals surface area contributed by atoms with Gasteiger partial charge in [0.25, 0.3) is 0 Å². The van der Waals surface area contributed by atoms with Crippen LogP contribution in [0.3, 0.4) is 0 Å². The predicted molar refractivity (Wildman–Crippen MR) is 62.6 cm³/mol. The van der Waals surface area contributed by atoms with Gasteiger partial charge in [0.1, 0.15) is 0 Å². The first-order chi connectivity index (χ1) is 6.81. The van der Waals surface area contributed by atoms with Crippen LogP contribution in [0.5, 0.6) is 0 Å². The molecule has 0 amide bonds. The molecule has 0 saturated carbocycles. The quantitative estimate of drug-likeness (QED) is 0.455. The van der Waals surface area contributed by atoms with Crippen molar-refractivity contribution < 1.29 is 4.74 Å². The van der Waals surface area contributed by atoms with Crippen LogP contribution in [0.25, 0.3) is 0 Å². The van der Waals surface area contributed by atoms with Crippen LogP contribution >= 0.6 is 0 Å². The number of allylic oxidation sites excluding steroid dienone is 1. The van der Waals surface area contributed by atoms with Gasteiger partial charge in [-0.1, -0.05) is 19.1 Å². The molecule has 1 unspecified atom stereocenters. The topological polar surface area (TPSA) is 21.3 Å². The van der Waals surface area contributed by atoms with Gasteiger partial charge >= 0.3 is 0 Å². The van der Waals surface area contributed by atoms with E-state index in [-0.39, 0.29) is 0 Å². The number of hydrogen-bond donors (Lipinski definition) is 1. The van der Waals surface area contributed by atoms with Crippen molar-refractivity contribution in [3.63, 3.8) is 0 Å². The number of rotatable bonds is 9. The summed E-state index contributed by atoms with van der Waals surface area (Å²) in [6.07, 6.45) is 8.02. The third kappa shape index (κ3) is 9.75. The summed E-state index contributed by atoms with van der Waals surface area (Å²) in [6, 6.07) is 0. The summed E-state index contributed by atoms with van der Waals surface area (Å²) < 4.78 is 5.57. The summed E-state index contributed by atoms with van der Waals surface area (Å²) in [7, 11) is 0. The maximum absolute atomic E-state index is 5.57. The minimum absolute atomic E-state index is 0.384. The Morgan fingerprint density at radius 3 is 2.79 bits per heavy atom. The van der Waals surface area contributed by atoms with Gasteiger partial charge in [-0.15, -0.1) is 0 Å². The molecule has 0 saturated heterocycles. The van der Waals surface area contributed by atoms with E-state index in [0.29, 0.717) is 6.10 Å². The monoisotopic (exact) mass is 199 g/mol. The smallest absolute Gasteiger partial charge is 0.0650 e. The number of nitrogens with one attached hydrogen (secondary N) is 1. The summed E-state index contributed by atoms with van der Waals surface area (Å²) in [5.41, 5.74) is 0. The third-order valence-corrected chi connectivity index (χ3v) is 2.10. The van der Waals surface area contributed by atoms with Gasteiger partial charge in [-0.2, -0.15) is 0 Å². The fourth-order valence-electron chi connectivity index (χ4n) is 1.22. The van der Waals surface area contributed by atoms with Crippen molar-refractivity contribution in [1.29, 1.82) is 0 Å².